The zero-order valence-corrected chi connectivity index (χ0v) is 13.1. The number of amides is 1. The van der Waals surface area contributed by atoms with Crippen molar-refractivity contribution < 1.29 is 9.53 Å². The van der Waals surface area contributed by atoms with Gasteiger partial charge in [-0.25, -0.2) is 4.98 Å². The first-order valence-electron chi connectivity index (χ1n) is 7.83. The van der Waals surface area contributed by atoms with Crippen molar-refractivity contribution >= 4 is 17.7 Å². The molecule has 2 saturated heterocycles. The Morgan fingerprint density at radius 1 is 1.29 bits per heavy atom. The van der Waals surface area contributed by atoms with Crippen LogP contribution >= 0.6 is 11.8 Å². The molecule has 1 aromatic rings. The molecule has 4 nitrogen and oxygen atoms in total. The van der Waals surface area contributed by atoms with Crippen molar-refractivity contribution in [1.29, 1.82) is 0 Å². The molecule has 1 atom stereocenters. The van der Waals surface area contributed by atoms with Gasteiger partial charge in [0.1, 0.15) is 6.10 Å². The Kier molecular flexibility index (Phi) is 5.01. The van der Waals surface area contributed by atoms with E-state index in [1.165, 1.54) is 12.8 Å². The minimum absolute atomic E-state index is 0.116. The van der Waals surface area contributed by atoms with Gasteiger partial charge in [-0.05, 0) is 31.1 Å². The summed E-state index contributed by atoms with van der Waals surface area (Å²) >= 11 is 1.91. The fraction of sp³-hybridized carbons (Fsp3) is 0.625. The molecule has 2 aliphatic heterocycles. The fourth-order valence-electron chi connectivity index (χ4n) is 2.84. The largest absolute Gasteiger partial charge is 0.473 e. The molecular formula is C16H22N2O2S. The molecule has 2 aliphatic rings. The molecule has 0 aliphatic carbocycles. The number of carbonyl (C=O) groups is 1. The molecule has 3 heterocycles. The van der Waals surface area contributed by atoms with Crippen LogP contribution in [0.2, 0.25) is 0 Å². The number of ether oxygens (including phenoxy) is 1. The van der Waals surface area contributed by atoms with Gasteiger partial charge in [-0.3, -0.25) is 4.79 Å². The number of likely N-dealkylation sites (tertiary alicyclic amines) is 1. The van der Waals surface area contributed by atoms with Gasteiger partial charge >= 0.3 is 0 Å². The van der Waals surface area contributed by atoms with E-state index in [0.29, 0.717) is 11.4 Å². The number of aromatic nitrogens is 1. The quantitative estimate of drug-likeness (QED) is 0.861. The average molecular weight is 306 g/mol. The summed E-state index contributed by atoms with van der Waals surface area (Å²) in [5.41, 5.74) is 0.701. The molecule has 1 aromatic heterocycles. The van der Waals surface area contributed by atoms with E-state index in [9.17, 15) is 4.79 Å². The number of hydrogen-bond donors (Lipinski definition) is 0. The summed E-state index contributed by atoms with van der Waals surface area (Å²) in [5, 5.41) is 0. The highest BCUT2D eigenvalue weighted by Crippen LogP contribution is 2.23. The first-order chi connectivity index (χ1) is 10.3. The van der Waals surface area contributed by atoms with Gasteiger partial charge in [-0.2, -0.15) is 11.8 Å². The minimum atomic E-state index is 0.116. The van der Waals surface area contributed by atoms with Crippen molar-refractivity contribution in [2.45, 2.75) is 38.2 Å². The molecular weight excluding hydrogens is 284 g/mol. The van der Waals surface area contributed by atoms with E-state index in [1.54, 1.807) is 18.3 Å². The lowest BCUT2D eigenvalue weighted by Crippen LogP contribution is -2.31. The van der Waals surface area contributed by atoms with Crippen LogP contribution in [0.4, 0.5) is 0 Å². The number of pyridine rings is 1. The highest BCUT2D eigenvalue weighted by atomic mass is 32.2. The van der Waals surface area contributed by atoms with Crippen LogP contribution in [0.25, 0.3) is 0 Å². The van der Waals surface area contributed by atoms with E-state index in [0.717, 1.165) is 43.9 Å². The van der Waals surface area contributed by atoms with E-state index < -0.39 is 0 Å². The second-order valence-electron chi connectivity index (χ2n) is 5.69. The van der Waals surface area contributed by atoms with E-state index in [-0.39, 0.29) is 12.0 Å². The van der Waals surface area contributed by atoms with Crippen LogP contribution in [-0.4, -0.2) is 46.5 Å². The zero-order chi connectivity index (χ0) is 14.5. The van der Waals surface area contributed by atoms with Gasteiger partial charge in [0.05, 0.1) is 0 Å². The summed E-state index contributed by atoms with van der Waals surface area (Å²) in [4.78, 5) is 18.8. The van der Waals surface area contributed by atoms with E-state index in [1.807, 2.05) is 16.7 Å². The van der Waals surface area contributed by atoms with Crippen LogP contribution in [0.15, 0.2) is 18.3 Å². The van der Waals surface area contributed by atoms with Gasteiger partial charge in [0, 0.05) is 36.7 Å². The van der Waals surface area contributed by atoms with Gasteiger partial charge in [-0.15, -0.1) is 0 Å². The number of nitrogens with zero attached hydrogens (tertiary/aromatic N) is 2. The smallest absolute Gasteiger partial charge is 0.254 e. The van der Waals surface area contributed by atoms with Gasteiger partial charge in [-0.1, -0.05) is 12.8 Å². The molecule has 1 amide bonds. The molecule has 1 unspecified atom stereocenters. The fourth-order valence-corrected chi connectivity index (χ4v) is 3.93. The van der Waals surface area contributed by atoms with Crippen LogP contribution in [0.5, 0.6) is 5.88 Å². The lowest BCUT2D eigenvalue weighted by Gasteiger charge is -2.20. The molecule has 2 fully saturated rings. The van der Waals surface area contributed by atoms with E-state index in [2.05, 4.69) is 4.98 Å². The summed E-state index contributed by atoms with van der Waals surface area (Å²) in [6, 6.07) is 3.60. The standard InChI is InChI=1S/C16H22N2O2S/c19-16(18-8-3-1-2-4-9-18)13-5-7-17-15(11-13)20-14-6-10-21-12-14/h5,7,11,14H,1-4,6,8-10,12H2. The maximum atomic E-state index is 12.6. The monoisotopic (exact) mass is 306 g/mol. The molecule has 21 heavy (non-hydrogen) atoms. The molecule has 0 aromatic carbocycles. The summed E-state index contributed by atoms with van der Waals surface area (Å²) in [7, 11) is 0. The normalized spacial score (nSPS) is 22.9. The van der Waals surface area contributed by atoms with Gasteiger partial charge in [0.25, 0.3) is 5.91 Å². The number of carbonyl (C=O) groups excluding carboxylic acids is 1. The van der Waals surface area contributed by atoms with Gasteiger partial charge in [0.2, 0.25) is 5.88 Å². The molecule has 5 heteroatoms. The molecule has 0 radical (unpaired) electrons. The predicted octanol–water partition coefficient (Wildman–Crippen LogP) is 2.98. The molecule has 3 rings (SSSR count). The van der Waals surface area contributed by atoms with Crippen LogP contribution < -0.4 is 4.74 Å². The van der Waals surface area contributed by atoms with Crippen molar-refractivity contribution in [2.24, 2.45) is 0 Å². The topological polar surface area (TPSA) is 42.4 Å². The first-order valence-corrected chi connectivity index (χ1v) is 8.98. The Hall–Kier alpha value is -1.23. The maximum absolute atomic E-state index is 12.6. The van der Waals surface area contributed by atoms with Gasteiger partial charge in [0.15, 0.2) is 0 Å². The molecule has 0 N–H and O–H groups in total. The first kappa shape index (κ1) is 14.7. The van der Waals surface area contributed by atoms with Crippen molar-refractivity contribution in [1.82, 2.24) is 9.88 Å². The summed E-state index contributed by atoms with van der Waals surface area (Å²) in [5.74, 6) is 2.87. The lowest BCUT2D eigenvalue weighted by atomic mass is 10.2. The minimum Gasteiger partial charge on any atom is -0.473 e. The number of hydrogen-bond acceptors (Lipinski definition) is 4. The lowest BCUT2D eigenvalue weighted by molar-refractivity contribution is 0.0760. The van der Waals surface area contributed by atoms with Crippen molar-refractivity contribution in [3.05, 3.63) is 23.9 Å². The summed E-state index contributed by atoms with van der Waals surface area (Å²) in [6.07, 6.45) is 7.67. The van der Waals surface area contributed by atoms with E-state index >= 15 is 0 Å². The average Bonchev–Trinajstić information content (AvgIpc) is 2.87. The summed E-state index contributed by atoms with van der Waals surface area (Å²) < 4.78 is 5.88. The van der Waals surface area contributed by atoms with E-state index in [4.69, 9.17) is 4.74 Å². The molecule has 114 valence electrons. The van der Waals surface area contributed by atoms with Crippen LogP contribution in [-0.2, 0) is 0 Å². The number of rotatable bonds is 3. The predicted molar refractivity (Wildman–Crippen MR) is 85.0 cm³/mol. The zero-order valence-electron chi connectivity index (χ0n) is 12.3. The Balaban J connectivity index is 1.67. The Morgan fingerprint density at radius 3 is 2.81 bits per heavy atom. The van der Waals surface area contributed by atoms with Crippen LogP contribution in [0.1, 0.15) is 42.5 Å². The van der Waals surface area contributed by atoms with Crippen molar-refractivity contribution in [3.8, 4) is 5.88 Å². The third-order valence-corrected chi connectivity index (χ3v) is 5.18. The van der Waals surface area contributed by atoms with Crippen LogP contribution in [0.3, 0.4) is 0 Å². The highest BCUT2D eigenvalue weighted by molar-refractivity contribution is 7.99. The Bertz CT molecular complexity index is 481. The van der Waals surface area contributed by atoms with Crippen molar-refractivity contribution in [3.63, 3.8) is 0 Å². The summed E-state index contributed by atoms with van der Waals surface area (Å²) in [6.45, 7) is 1.74. The van der Waals surface area contributed by atoms with Crippen molar-refractivity contribution in [2.75, 3.05) is 24.6 Å². The van der Waals surface area contributed by atoms with Crippen LogP contribution in [0, 0.1) is 0 Å². The maximum Gasteiger partial charge on any atom is 0.254 e. The Labute approximate surface area is 130 Å². The molecule has 0 bridgehead atoms. The number of thioether (sulfide) groups is 1. The molecule has 0 saturated carbocycles. The third kappa shape index (κ3) is 3.90. The third-order valence-electron chi connectivity index (χ3n) is 4.05. The second kappa shape index (κ2) is 7.16. The molecule has 0 spiro atoms. The van der Waals surface area contributed by atoms with Gasteiger partial charge < -0.3 is 9.64 Å². The Morgan fingerprint density at radius 2 is 2.10 bits per heavy atom. The highest BCUT2D eigenvalue weighted by Gasteiger charge is 2.20. The second-order valence-corrected chi connectivity index (χ2v) is 6.84. The SMILES string of the molecule is O=C(c1ccnc(OC2CCSC2)c1)N1CCCCCC1.